The summed E-state index contributed by atoms with van der Waals surface area (Å²) in [5.41, 5.74) is 4.13. The number of nitrogens with one attached hydrogen (secondary N) is 1. The zero-order chi connectivity index (χ0) is 14.7. The minimum absolute atomic E-state index is 0.0491. The van der Waals surface area contributed by atoms with Crippen LogP contribution < -0.4 is 5.32 Å². The molecular formula is C15H20N4O. The van der Waals surface area contributed by atoms with Gasteiger partial charge in [0.1, 0.15) is 6.54 Å². The van der Waals surface area contributed by atoms with E-state index >= 15 is 0 Å². The van der Waals surface area contributed by atoms with Crippen molar-refractivity contribution in [3.63, 3.8) is 0 Å². The third kappa shape index (κ3) is 3.04. The number of hydrogen-bond acceptors (Lipinski definition) is 3. The molecule has 0 aliphatic carbocycles. The maximum Gasteiger partial charge on any atom is 0.242 e. The molecule has 0 aromatic carbocycles. The lowest BCUT2D eigenvalue weighted by Crippen LogP contribution is -2.30. The molecule has 0 fully saturated rings. The first kappa shape index (κ1) is 14.2. The molecule has 0 saturated heterocycles. The molecule has 0 aliphatic heterocycles. The first-order valence-corrected chi connectivity index (χ1v) is 6.69. The summed E-state index contributed by atoms with van der Waals surface area (Å²) >= 11 is 0. The Morgan fingerprint density at radius 2 is 2.15 bits per heavy atom. The summed E-state index contributed by atoms with van der Waals surface area (Å²) in [6.45, 7) is 8.14. The van der Waals surface area contributed by atoms with Crippen molar-refractivity contribution in [3.8, 4) is 0 Å². The van der Waals surface area contributed by atoms with Crippen LogP contribution in [0.25, 0.3) is 0 Å². The molecule has 2 heterocycles. The van der Waals surface area contributed by atoms with E-state index in [0.717, 1.165) is 22.5 Å². The second-order valence-electron chi connectivity index (χ2n) is 5.03. The monoisotopic (exact) mass is 272 g/mol. The van der Waals surface area contributed by atoms with Crippen LogP contribution in [0.15, 0.2) is 24.5 Å². The van der Waals surface area contributed by atoms with Crippen molar-refractivity contribution < 1.29 is 4.79 Å². The molecule has 0 saturated carbocycles. The van der Waals surface area contributed by atoms with Gasteiger partial charge >= 0.3 is 0 Å². The van der Waals surface area contributed by atoms with Gasteiger partial charge in [0.05, 0.1) is 11.7 Å². The summed E-state index contributed by atoms with van der Waals surface area (Å²) in [5.74, 6) is -0.0491. The van der Waals surface area contributed by atoms with Crippen molar-refractivity contribution in [1.82, 2.24) is 20.1 Å². The van der Waals surface area contributed by atoms with Crippen molar-refractivity contribution in [1.29, 1.82) is 0 Å². The van der Waals surface area contributed by atoms with Crippen molar-refractivity contribution >= 4 is 5.91 Å². The fourth-order valence-electron chi connectivity index (χ4n) is 2.08. The normalized spacial score (nSPS) is 12.2. The highest BCUT2D eigenvalue weighted by Gasteiger charge is 2.13. The van der Waals surface area contributed by atoms with E-state index in [-0.39, 0.29) is 18.5 Å². The van der Waals surface area contributed by atoms with Crippen LogP contribution in [0.4, 0.5) is 0 Å². The number of aryl methyl sites for hydroxylation is 1. The summed E-state index contributed by atoms with van der Waals surface area (Å²) in [4.78, 5) is 16.1. The number of amides is 1. The van der Waals surface area contributed by atoms with Crippen molar-refractivity contribution in [2.75, 3.05) is 0 Å². The maximum absolute atomic E-state index is 12.1. The number of carbonyl (C=O) groups excluding carboxylic acids is 1. The molecule has 0 radical (unpaired) electrons. The second-order valence-corrected chi connectivity index (χ2v) is 5.03. The van der Waals surface area contributed by atoms with Crippen molar-refractivity contribution in [2.45, 2.75) is 40.3 Å². The zero-order valence-electron chi connectivity index (χ0n) is 12.3. The lowest BCUT2D eigenvalue weighted by molar-refractivity contribution is -0.122. The molecular weight excluding hydrogens is 252 g/mol. The van der Waals surface area contributed by atoms with Gasteiger partial charge in [0.25, 0.3) is 0 Å². The molecule has 5 nitrogen and oxygen atoms in total. The van der Waals surface area contributed by atoms with Gasteiger partial charge in [-0.05, 0) is 44.9 Å². The molecule has 20 heavy (non-hydrogen) atoms. The van der Waals surface area contributed by atoms with Gasteiger partial charge in [0, 0.05) is 18.1 Å². The topological polar surface area (TPSA) is 59.8 Å². The molecule has 0 aliphatic rings. The number of rotatable bonds is 4. The van der Waals surface area contributed by atoms with Gasteiger partial charge in [-0.25, -0.2) is 0 Å². The average Bonchev–Trinajstić information content (AvgIpc) is 2.67. The molecule has 2 aromatic heterocycles. The highest BCUT2D eigenvalue weighted by atomic mass is 16.2. The average molecular weight is 272 g/mol. The Balaban J connectivity index is 2.01. The van der Waals surface area contributed by atoms with Gasteiger partial charge in [-0.2, -0.15) is 5.10 Å². The Morgan fingerprint density at radius 3 is 2.70 bits per heavy atom. The maximum atomic E-state index is 12.1. The molecule has 1 amide bonds. The lowest BCUT2D eigenvalue weighted by Gasteiger charge is -2.14. The van der Waals surface area contributed by atoms with Gasteiger partial charge in [0.15, 0.2) is 0 Å². The summed E-state index contributed by atoms with van der Waals surface area (Å²) in [6, 6.07) is 3.75. The minimum atomic E-state index is -0.0609. The molecule has 0 unspecified atom stereocenters. The minimum Gasteiger partial charge on any atom is -0.348 e. The number of carbonyl (C=O) groups is 1. The first-order valence-electron chi connectivity index (χ1n) is 6.69. The van der Waals surface area contributed by atoms with E-state index in [1.807, 2.05) is 39.8 Å². The Bertz CT molecular complexity index is 604. The zero-order valence-corrected chi connectivity index (χ0v) is 12.3. The Labute approximate surface area is 119 Å². The smallest absolute Gasteiger partial charge is 0.242 e. The Morgan fingerprint density at radius 1 is 1.40 bits per heavy atom. The van der Waals surface area contributed by atoms with Gasteiger partial charge in [-0.3, -0.25) is 14.5 Å². The first-order chi connectivity index (χ1) is 9.49. The predicted octanol–water partition coefficient (Wildman–Crippen LogP) is 2.08. The highest BCUT2D eigenvalue weighted by Crippen LogP contribution is 2.12. The SMILES string of the molecule is Cc1nn(CC(=O)N[C@@H](C)c2cccnc2)c(C)c1C. The molecule has 1 atom stereocenters. The van der Waals surface area contributed by atoms with E-state index in [9.17, 15) is 4.79 Å². The quantitative estimate of drug-likeness (QED) is 0.927. The number of pyridine rings is 1. The van der Waals surface area contributed by atoms with Crippen LogP contribution in [-0.4, -0.2) is 20.7 Å². The third-order valence-corrected chi connectivity index (χ3v) is 3.60. The van der Waals surface area contributed by atoms with Gasteiger partial charge in [-0.15, -0.1) is 0 Å². The fraction of sp³-hybridized carbons (Fsp3) is 0.400. The van der Waals surface area contributed by atoms with Crippen LogP contribution in [0.1, 0.15) is 35.5 Å². The van der Waals surface area contributed by atoms with E-state index in [0.29, 0.717) is 0 Å². The van der Waals surface area contributed by atoms with Gasteiger partial charge < -0.3 is 5.32 Å². The van der Waals surface area contributed by atoms with E-state index in [2.05, 4.69) is 15.4 Å². The van der Waals surface area contributed by atoms with E-state index in [1.165, 1.54) is 0 Å². The summed E-state index contributed by atoms with van der Waals surface area (Å²) < 4.78 is 1.75. The predicted molar refractivity (Wildman–Crippen MR) is 77.2 cm³/mol. The Hall–Kier alpha value is -2.17. The number of nitrogens with zero attached hydrogens (tertiary/aromatic N) is 3. The van der Waals surface area contributed by atoms with Crippen LogP contribution in [0, 0.1) is 20.8 Å². The van der Waals surface area contributed by atoms with Crippen molar-refractivity contribution in [2.24, 2.45) is 0 Å². The van der Waals surface area contributed by atoms with E-state index in [4.69, 9.17) is 0 Å². The third-order valence-electron chi connectivity index (χ3n) is 3.60. The van der Waals surface area contributed by atoms with Gasteiger partial charge in [-0.1, -0.05) is 6.07 Å². The molecule has 0 spiro atoms. The molecule has 2 aromatic rings. The Kier molecular flexibility index (Phi) is 4.17. The molecule has 5 heteroatoms. The van der Waals surface area contributed by atoms with Crippen LogP contribution in [0.3, 0.4) is 0 Å². The summed E-state index contributed by atoms with van der Waals surface area (Å²) in [6.07, 6.45) is 3.48. The standard InChI is InChI=1S/C15H20N4O/c1-10-11(2)18-19(13(10)4)9-15(20)17-12(3)14-6-5-7-16-8-14/h5-8,12H,9H2,1-4H3,(H,17,20)/t12-/m0/s1. The summed E-state index contributed by atoms with van der Waals surface area (Å²) in [7, 11) is 0. The van der Waals surface area contributed by atoms with Gasteiger partial charge in [0.2, 0.25) is 5.91 Å². The number of aromatic nitrogens is 3. The number of hydrogen-bond donors (Lipinski definition) is 1. The summed E-state index contributed by atoms with van der Waals surface area (Å²) in [5, 5.41) is 7.33. The second kappa shape index (κ2) is 5.86. The molecule has 0 bridgehead atoms. The molecule has 1 N–H and O–H groups in total. The lowest BCUT2D eigenvalue weighted by atomic mass is 10.1. The van der Waals surface area contributed by atoms with Crippen LogP contribution in [0.2, 0.25) is 0 Å². The highest BCUT2D eigenvalue weighted by molar-refractivity contribution is 5.76. The van der Waals surface area contributed by atoms with Crippen LogP contribution in [0.5, 0.6) is 0 Å². The largest absolute Gasteiger partial charge is 0.348 e. The molecule has 106 valence electrons. The van der Waals surface area contributed by atoms with Crippen molar-refractivity contribution in [3.05, 3.63) is 47.0 Å². The van der Waals surface area contributed by atoms with Crippen LogP contribution >= 0.6 is 0 Å². The molecule has 2 rings (SSSR count). The van der Waals surface area contributed by atoms with E-state index < -0.39 is 0 Å². The fourth-order valence-corrected chi connectivity index (χ4v) is 2.08. The van der Waals surface area contributed by atoms with Crippen LogP contribution in [-0.2, 0) is 11.3 Å². The van der Waals surface area contributed by atoms with E-state index in [1.54, 1.807) is 17.1 Å².